The molecule has 2 unspecified atom stereocenters. The molecule has 2 fully saturated rings. The van der Waals surface area contributed by atoms with Crippen LogP contribution < -0.4 is 4.74 Å². The largest absolute Gasteiger partial charge is 0.489 e. The first-order chi connectivity index (χ1) is 9.53. The van der Waals surface area contributed by atoms with E-state index in [1.807, 2.05) is 0 Å². The standard InChI is InChI=1S/C18H26O2/c1-12(2)14-7-6-13(3)10-15(14)20-17-11-16(19)18(17)8-4-5-9-18/h6-7,10,12,16-17,19H,4-5,8-9,11H2,1-3H3. The smallest absolute Gasteiger partial charge is 0.123 e. The molecule has 2 aliphatic rings. The van der Waals surface area contributed by atoms with Gasteiger partial charge in [-0.25, -0.2) is 0 Å². The molecular formula is C18H26O2. The molecule has 1 N–H and O–H groups in total. The van der Waals surface area contributed by atoms with Crippen LogP contribution in [0.15, 0.2) is 18.2 Å². The molecule has 2 atom stereocenters. The minimum Gasteiger partial charge on any atom is -0.489 e. The van der Waals surface area contributed by atoms with Crippen molar-refractivity contribution in [2.45, 2.75) is 71.0 Å². The lowest BCUT2D eigenvalue weighted by Gasteiger charge is -2.51. The van der Waals surface area contributed by atoms with Gasteiger partial charge >= 0.3 is 0 Å². The normalized spacial score (nSPS) is 27.9. The first-order valence-corrected chi connectivity index (χ1v) is 7.98. The molecule has 1 spiro atoms. The van der Waals surface area contributed by atoms with Crippen molar-refractivity contribution >= 4 is 0 Å². The average Bonchev–Trinajstić information content (AvgIpc) is 2.90. The van der Waals surface area contributed by atoms with Crippen molar-refractivity contribution in [3.63, 3.8) is 0 Å². The Balaban J connectivity index is 1.83. The van der Waals surface area contributed by atoms with E-state index < -0.39 is 0 Å². The highest BCUT2D eigenvalue weighted by Gasteiger charge is 2.57. The molecule has 0 amide bonds. The van der Waals surface area contributed by atoms with E-state index in [-0.39, 0.29) is 17.6 Å². The number of rotatable bonds is 3. The van der Waals surface area contributed by atoms with Gasteiger partial charge in [-0.3, -0.25) is 0 Å². The molecule has 0 aliphatic heterocycles. The highest BCUT2D eigenvalue weighted by molar-refractivity contribution is 5.39. The van der Waals surface area contributed by atoms with Gasteiger partial charge in [0.05, 0.1) is 6.10 Å². The fraction of sp³-hybridized carbons (Fsp3) is 0.667. The van der Waals surface area contributed by atoms with Crippen LogP contribution in [0.4, 0.5) is 0 Å². The summed E-state index contributed by atoms with van der Waals surface area (Å²) in [6.07, 6.45) is 5.58. The molecule has 2 aliphatic carbocycles. The maximum Gasteiger partial charge on any atom is 0.123 e. The van der Waals surface area contributed by atoms with Gasteiger partial charge < -0.3 is 9.84 Å². The zero-order valence-electron chi connectivity index (χ0n) is 12.9. The van der Waals surface area contributed by atoms with Gasteiger partial charge in [-0.05, 0) is 42.9 Å². The lowest BCUT2D eigenvalue weighted by atomic mass is 9.62. The van der Waals surface area contributed by atoms with E-state index in [9.17, 15) is 5.11 Å². The van der Waals surface area contributed by atoms with Gasteiger partial charge in [0.15, 0.2) is 0 Å². The molecule has 0 saturated heterocycles. The molecule has 0 bridgehead atoms. The van der Waals surface area contributed by atoms with Gasteiger partial charge in [0.2, 0.25) is 0 Å². The van der Waals surface area contributed by atoms with Crippen LogP contribution in [0, 0.1) is 12.3 Å². The molecule has 2 heteroatoms. The van der Waals surface area contributed by atoms with Crippen LogP contribution in [0.2, 0.25) is 0 Å². The molecule has 1 aromatic carbocycles. The Morgan fingerprint density at radius 2 is 1.95 bits per heavy atom. The molecule has 1 aromatic rings. The summed E-state index contributed by atoms with van der Waals surface area (Å²) >= 11 is 0. The highest BCUT2D eigenvalue weighted by Crippen LogP contribution is 2.55. The number of ether oxygens (including phenoxy) is 1. The second-order valence-electron chi connectivity index (χ2n) is 6.99. The van der Waals surface area contributed by atoms with Crippen molar-refractivity contribution in [2.24, 2.45) is 5.41 Å². The topological polar surface area (TPSA) is 29.5 Å². The minimum atomic E-state index is -0.151. The molecule has 0 heterocycles. The van der Waals surface area contributed by atoms with Crippen molar-refractivity contribution in [2.75, 3.05) is 0 Å². The number of benzene rings is 1. The molecule has 20 heavy (non-hydrogen) atoms. The number of hydrogen-bond acceptors (Lipinski definition) is 2. The van der Waals surface area contributed by atoms with Crippen LogP contribution in [0.3, 0.4) is 0 Å². The summed E-state index contributed by atoms with van der Waals surface area (Å²) in [6.45, 7) is 6.52. The first-order valence-electron chi connectivity index (χ1n) is 7.98. The summed E-state index contributed by atoms with van der Waals surface area (Å²) in [5, 5.41) is 10.2. The van der Waals surface area contributed by atoms with Crippen molar-refractivity contribution in [3.8, 4) is 5.75 Å². The maximum atomic E-state index is 10.2. The van der Waals surface area contributed by atoms with Gasteiger partial charge in [0.1, 0.15) is 11.9 Å². The summed E-state index contributed by atoms with van der Waals surface area (Å²) < 4.78 is 6.37. The molecular weight excluding hydrogens is 248 g/mol. The second-order valence-corrected chi connectivity index (χ2v) is 6.99. The Labute approximate surface area is 122 Å². The van der Waals surface area contributed by atoms with Crippen molar-refractivity contribution < 1.29 is 9.84 Å². The highest BCUT2D eigenvalue weighted by atomic mass is 16.5. The van der Waals surface area contributed by atoms with Crippen LogP contribution >= 0.6 is 0 Å². The third-order valence-electron chi connectivity index (χ3n) is 5.34. The molecule has 0 aromatic heterocycles. The summed E-state index contributed by atoms with van der Waals surface area (Å²) in [5.41, 5.74) is 2.58. The van der Waals surface area contributed by atoms with Gasteiger partial charge in [-0.1, -0.05) is 38.8 Å². The average molecular weight is 274 g/mol. The minimum absolute atomic E-state index is 0.0536. The molecule has 3 rings (SSSR count). The fourth-order valence-corrected chi connectivity index (χ4v) is 3.95. The van der Waals surface area contributed by atoms with E-state index in [1.54, 1.807) is 0 Å². The van der Waals surface area contributed by atoms with Crippen molar-refractivity contribution in [1.82, 2.24) is 0 Å². The van der Waals surface area contributed by atoms with E-state index >= 15 is 0 Å². The summed E-state index contributed by atoms with van der Waals surface area (Å²) in [7, 11) is 0. The monoisotopic (exact) mass is 274 g/mol. The lowest BCUT2D eigenvalue weighted by Crippen LogP contribution is -2.58. The number of aryl methyl sites for hydroxylation is 1. The maximum absolute atomic E-state index is 10.2. The van der Waals surface area contributed by atoms with Gasteiger partial charge in [0.25, 0.3) is 0 Å². The van der Waals surface area contributed by atoms with Crippen LogP contribution in [0.5, 0.6) is 5.75 Å². The molecule has 2 nitrogen and oxygen atoms in total. The predicted octanol–water partition coefficient (Wildman–Crippen LogP) is 4.19. The number of aliphatic hydroxyl groups is 1. The van der Waals surface area contributed by atoms with Crippen LogP contribution in [0.1, 0.15) is 63.0 Å². The molecule has 110 valence electrons. The van der Waals surface area contributed by atoms with Crippen molar-refractivity contribution in [1.29, 1.82) is 0 Å². The van der Waals surface area contributed by atoms with E-state index in [1.165, 1.54) is 24.0 Å². The van der Waals surface area contributed by atoms with E-state index in [4.69, 9.17) is 4.74 Å². The Hall–Kier alpha value is -1.02. The van der Waals surface area contributed by atoms with Crippen LogP contribution in [-0.4, -0.2) is 17.3 Å². The van der Waals surface area contributed by atoms with E-state index in [0.717, 1.165) is 25.0 Å². The molecule has 2 saturated carbocycles. The summed E-state index contributed by atoms with van der Waals surface area (Å²) in [5.74, 6) is 1.50. The SMILES string of the molecule is Cc1ccc(C(C)C)c(OC2CC(O)C23CCCC3)c1. The first kappa shape index (κ1) is 13.9. The Morgan fingerprint density at radius 3 is 2.55 bits per heavy atom. The van der Waals surface area contributed by atoms with Gasteiger partial charge in [0, 0.05) is 11.8 Å². The summed E-state index contributed by atoms with van der Waals surface area (Å²) in [6, 6.07) is 6.50. The Bertz CT molecular complexity index is 486. The third-order valence-corrected chi connectivity index (χ3v) is 5.34. The fourth-order valence-electron chi connectivity index (χ4n) is 3.95. The van der Waals surface area contributed by atoms with Crippen molar-refractivity contribution in [3.05, 3.63) is 29.3 Å². The van der Waals surface area contributed by atoms with E-state index in [0.29, 0.717) is 5.92 Å². The van der Waals surface area contributed by atoms with Crippen LogP contribution in [-0.2, 0) is 0 Å². The second kappa shape index (κ2) is 5.07. The van der Waals surface area contributed by atoms with Gasteiger partial charge in [-0.2, -0.15) is 0 Å². The number of aliphatic hydroxyl groups excluding tert-OH is 1. The predicted molar refractivity (Wildman–Crippen MR) is 81.2 cm³/mol. The summed E-state index contributed by atoms with van der Waals surface area (Å²) in [4.78, 5) is 0. The quantitative estimate of drug-likeness (QED) is 0.895. The Kier molecular flexibility index (Phi) is 3.53. The number of hydrogen-bond donors (Lipinski definition) is 1. The van der Waals surface area contributed by atoms with E-state index in [2.05, 4.69) is 39.0 Å². The Morgan fingerprint density at radius 1 is 1.25 bits per heavy atom. The zero-order valence-corrected chi connectivity index (χ0v) is 12.9. The van der Waals surface area contributed by atoms with Crippen LogP contribution in [0.25, 0.3) is 0 Å². The lowest BCUT2D eigenvalue weighted by molar-refractivity contribution is -0.152. The van der Waals surface area contributed by atoms with Gasteiger partial charge in [-0.15, -0.1) is 0 Å². The molecule has 0 radical (unpaired) electrons. The third kappa shape index (κ3) is 2.14. The zero-order chi connectivity index (χ0) is 14.3.